The summed E-state index contributed by atoms with van der Waals surface area (Å²) in [5, 5.41) is 0. The summed E-state index contributed by atoms with van der Waals surface area (Å²) < 4.78 is 19.0. The molecule has 1 saturated heterocycles. The fourth-order valence-electron chi connectivity index (χ4n) is 2.46. The Labute approximate surface area is 142 Å². The fraction of sp³-hybridized carbons (Fsp3) is 0.316. The summed E-state index contributed by atoms with van der Waals surface area (Å²) in [6.07, 6.45) is 1.02. The molecule has 0 bridgehead atoms. The Kier molecular flexibility index (Phi) is 7.92. The first kappa shape index (κ1) is 19.6. The van der Waals surface area contributed by atoms with E-state index in [-0.39, 0.29) is 12.0 Å². The predicted octanol–water partition coefficient (Wildman–Crippen LogP) is 4.76. The molecule has 0 saturated carbocycles. The zero-order valence-corrected chi connectivity index (χ0v) is 14.3. The average molecular weight is 332 g/mol. The molecule has 130 valence electrons. The molecule has 0 unspecified atom stereocenters. The van der Waals surface area contributed by atoms with Gasteiger partial charge in [-0.1, -0.05) is 50.2 Å². The highest BCUT2D eigenvalue weighted by Gasteiger charge is 2.24. The van der Waals surface area contributed by atoms with Gasteiger partial charge in [-0.25, -0.2) is 9.18 Å². The van der Waals surface area contributed by atoms with Crippen molar-refractivity contribution in [2.75, 3.05) is 18.1 Å². The van der Waals surface area contributed by atoms with Crippen LogP contribution in [0.5, 0.6) is 0 Å². The van der Waals surface area contributed by atoms with Crippen LogP contribution in [0.2, 0.25) is 0 Å². The third-order valence-electron chi connectivity index (χ3n) is 3.63. The Hall–Kier alpha value is -2.40. The number of benzene rings is 2. The molecule has 0 atom stereocenters. The molecule has 4 nitrogen and oxygen atoms in total. The summed E-state index contributed by atoms with van der Waals surface area (Å²) in [6.45, 7) is 4.83. The van der Waals surface area contributed by atoms with E-state index in [9.17, 15) is 9.18 Å². The molecule has 1 heterocycles. The molecule has 1 fully saturated rings. The Morgan fingerprint density at radius 1 is 1.08 bits per heavy atom. The minimum atomic E-state index is -0.411. The van der Waals surface area contributed by atoms with Gasteiger partial charge in [0, 0.05) is 0 Å². The number of carbonyl (C=O) groups is 1. The Bertz CT molecular complexity index is 647. The number of ether oxygens (including phenoxy) is 1. The maximum atomic E-state index is 14.2. The quantitative estimate of drug-likeness (QED) is 0.878. The molecule has 0 aromatic heterocycles. The number of cyclic esters (lactones) is 1. The maximum Gasteiger partial charge on any atom is 0.414 e. The van der Waals surface area contributed by atoms with Crippen LogP contribution >= 0.6 is 0 Å². The second-order valence-electron chi connectivity index (χ2n) is 5.03. The van der Waals surface area contributed by atoms with E-state index in [2.05, 4.69) is 0 Å². The van der Waals surface area contributed by atoms with Crippen molar-refractivity contribution in [3.05, 3.63) is 65.5 Å². The molecule has 0 aliphatic carbocycles. The number of nitrogens with zero attached hydrogens (tertiary/aromatic N) is 1. The van der Waals surface area contributed by atoms with E-state index in [1.165, 1.54) is 16.5 Å². The molecule has 1 aliphatic rings. The first-order valence-electron chi connectivity index (χ1n) is 8.01. The van der Waals surface area contributed by atoms with Gasteiger partial charge >= 0.3 is 6.09 Å². The van der Waals surface area contributed by atoms with Crippen molar-refractivity contribution in [2.24, 2.45) is 0 Å². The third-order valence-corrected chi connectivity index (χ3v) is 3.63. The monoisotopic (exact) mass is 332 g/mol. The van der Waals surface area contributed by atoms with Crippen LogP contribution in [0.4, 0.5) is 14.9 Å². The molecule has 5 heteroatoms. The first-order valence-corrected chi connectivity index (χ1v) is 8.01. The maximum absolute atomic E-state index is 14.2. The Morgan fingerprint density at radius 3 is 2.38 bits per heavy atom. The number of halogens is 1. The highest BCUT2D eigenvalue weighted by molar-refractivity contribution is 5.89. The van der Waals surface area contributed by atoms with Crippen molar-refractivity contribution >= 4 is 11.8 Å². The second kappa shape index (κ2) is 9.67. The van der Waals surface area contributed by atoms with Gasteiger partial charge in [0.05, 0.1) is 12.2 Å². The van der Waals surface area contributed by atoms with Gasteiger partial charge in [-0.2, -0.15) is 0 Å². The van der Waals surface area contributed by atoms with E-state index in [1.807, 2.05) is 44.2 Å². The molecule has 2 aromatic carbocycles. The van der Waals surface area contributed by atoms with Gasteiger partial charge in [-0.3, -0.25) is 4.90 Å². The summed E-state index contributed by atoms with van der Waals surface area (Å²) in [4.78, 5) is 12.9. The summed E-state index contributed by atoms with van der Waals surface area (Å²) in [5.41, 5.74) is 2.40. The first-order chi connectivity index (χ1) is 11.2. The number of rotatable bonds is 4. The van der Waals surface area contributed by atoms with Crippen molar-refractivity contribution in [1.82, 2.24) is 6.15 Å². The van der Waals surface area contributed by atoms with Crippen LogP contribution in [0, 0.1) is 5.82 Å². The zero-order valence-electron chi connectivity index (χ0n) is 14.3. The van der Waals surface area contributed by atoms with E-state index in [1.54, 1.807) is 12.1 Å². The van der Waals surface area contributed by atoms with Crippen molar-refractivity contribution in [1.29, 1.82) is 0 Å². The number of hydrogen-bond acceptors (Lipinski definition) is 3. The van der Waals surface area contributed by atoms with Crippen LogP contribution in [0.1, 0.15) is 25.0 Å². The average Bonchev–Trinajstić information content (AvgIpc) is 3.02. The van der Waals surface area contributed by atoms with Gasteiger partial charge in [0.1, 0.15) is 12.4 Å². The van der Waals surface area contributed by atoms with Crippen molar-refractivity contribution in [3.8, 4) is 0 Å². The number of amides is 1. The molecular formula is C19H25FN2O2. The lowest BCUT2D eigenvalue weighted by Gasteiger charge is -2.14. The van der Waals surface area contributed by atoms with E-state index in [0.29, 0.717) is 30.8 Å². The normalized spacial score (nSPS) is 12.8. The predicted molar refractivity (Wildman–Crippen MR) is 95.3 cm³/mol. The zero-order chi connectivity index (χ0) is 16.7. The largest absolute Gasteiger partial charge is 0.447 e. The third kappa shape index (κ3) is 4.80. The van der Waals surface area contributed by atoms with E-state index in [0.717, 1.165) is 6.42 Å². The highest BCUT2D eigenvalue weighted by atomic mass is 19.1. The molecule has 24 heavy (non-hydrogen) atoms. The summed E-state index contributed by atoms with van der Waals surface area (Å²) in [6, 6.07) is 14.9. The number of hydrogen-bond donors (Lipinski definition) is 1. The smallest absolute Gasteiger partial charge is 0.414 e. The van der Waals surface area contributed by atoms with Crippen LogP contribution in [0.3, 0.4) is 0 Å². The molecule has 0 spiro atoms. The van der Waals surface area contributed by atoms with Crippen molar-refractivity contribution in [2.45, 2.75) is 26.7 Å². The van der Waals surface area contributed by atoms with E-state index >= 15 is 0 Å². The number of aryl methyl sites for hydroxylation is 2. The Balaban J connectivity index is 0.000000925. The van der Waals surface area contributed by atoms with Gasteiger partial charge in [-0.05, 0) is 36.1 Å². The van der Waals surface area contributed by atoms with Crippen LogP contribution in [-0.2, 0) is 17.6 Å². The van der Waals surface area contributed by atoms with Crippen LogP contribution < -0.4 is 11.1 Å². The molecule has 1 amide bonds. The Morgan fingerprint density at radius 2 is 1.79 bits per heavy atom. The lowest BCUT2D eigenvalue weighted by Crippen LogP contribution is -2.23. The van der Waals surface area contributed by atoms with Crippen molar-refractivity contribution in [3.63, 3.8) is 0 Å². The fourth-order valence-corrected chi connectivity index (χ4v) is 2.46. The lowest BCUT2D eigenvalue weighted by molar-refractivity contribution is 0.181. The van der Waals surface area contributed by atoms with Gasteiger partial charge in [0.25, 0.3) is 0 Å². The number of anilines is 1. The lowest BCUT2D eigenvalue weighted by atomic mass is 10.0. The van der Waals surface area contributed by atoms with Crippen LogP contribution in [0.25, 0.3) is 0 Å². The van der Waals surface area contributed by atoms with Crippen LogP contribution in [0.15, 0.2) is 48.5 Å². The minimum absolute atomic E-state index is 0. The summed E-state index contributed by atoms with van der Waals surface area (Å²) >= 11 is 0. The molecule has 3 rings (SSSR count). The standard InChI is InChI=1S/C17H16FNO2.C2H6.H3N/c18-16-12-15(19-10-11-21-17(19)20)9-8-14(16)7-6-13-4-2-1-3-5-13;1-2;/h1-5,8-9,12H,6-7,10-11H2;1-2H3;1H3. The number of carbonyl (C=O) groups excluding carboxylic acids is 1. The molecule has 0 radical (unpaired) electrons. The SMILES string of the molecule is CC.N.O=C1OCCN1c1ccc(CCc2ccccc2)c(F)c1. The second-order valence-corrected chi connectivity index (χ2v) is 5.03. The molecular weight excluding hydrogens is 307 g/mol. The topological polar surface area (TPSA) is 64.5 Å². The van der Waals surface area contributed by atoms with Gasteiger partial charge in [-0.15, -0.1) is 0 Å². The minimum Gasteiger partial charge on any atom is -0.447 e. The molecule has 3 N–H and O–H groups in total. The molecule has 2 aromatic rings. The molecule has 1 aliphatic heterocycles. The summed E-state index contributed by atoms with van der Waals surface area (Å²) in [7, 11) is 0. The van der Waals surface area contributed by atoms with Crippen molar-refractivity contribution < 1.29 is 13.9 Å². The van der Waals surface area contributed by atoms with E-state index in [4.69, 9.17) is 4.74 Å². The van der Waals surface area contributed by atoms with Gasteiger partial charge in [0.2, 0.25) is 0 Å². The van der Waals surface area contributed by atoms with Gasteiger partial charge in [0.15, 0.2) is 0 Å². The summed E-state index contributed by atoms with van der Waals surface area (Å²) in [5.74, 6) is -0.275. The highest BCUT2D eigenvalue weighted by Crippen LogP contribution is 2.22. The van der Waals surface area contributed by atoms with E-state index < -0.39 is 6.09 Å². The van der Waals surface area contributed by atoms with Gasteiger partial charge < -0.3 is 10.9 Å². The van der Waals surface area contributed by atoms with Crippen LogP contribution in [-0.4, -0.2) is 19.2 Å².